The zero-order valence-corrected chi connectivity index (χ0v) is 22.7. The molecule has 0 atom stereocenters. The molecule has 10 nitrogen and oxygen atoms in total. The van der Waals surface area contributed by atoms with Crippen LogP contribution < -0.4 is 9.46 Å². The first kappa shape index (κ1) is 27.1. The van der Waals surface area contributed by atoms with Crippen molar-refractivity contribution >= 4 is 31.6 Å². The van der Waals surface area contributed by atoms with Gasteiger partial charge in [-0.3, -0.25) is 0 Å². The summed E-state index contributed by atoms with van der Waals surface area (Å²) in [7, 11) is -7.95. The minimum atomic E-state index is -4.07. The fourth-order valence-electron chi connectivity index (χ4n) is 4.24. The molecule has 1 fully saturated rings. The van der Waals surface area contributed by atoms with E-state index in [2.05, 4.69) is 9.88 Å². The number of nitrogens with zero attached hydrogens (tertiary/aromatic N) is 3. The lowest BCUT2D eigenvalue weighted by molar-refractivity contribution is 0.307. The van der Waals surface area contributed by atoms with Crippen molar-refractivity contribution in [3.63, 3.8) is 0 Å². The number of nitriles is 1. The van der Waals surface area contributed by atoms with Gasteiger partial charge in [0.05, 0.1) is 11.6 Å². The highest BCUT2D eigenvalue weighted by Crippen LogP contribution is 2.34. The number of nitrogens with one attached hydrogen (secondary N) is 1. The van der Waals surface area contributed by atoms with Crippen molar-refractivity contribution in [3.05, 3.63) is 64.0 Å². The van der Waals surface area contributed by atoms with Crippen LogP contribution >= 0.6 is 11.6 Å². The van der Waals surface area contributed by atoms with E-state index in [4.69, 9.17) is 20.9 Å². The minimum absolute atomic E-state index is 0.00564. The van der Waals surface area contributed by atoms with E-state index in [0.717, 1.165) is 5.56 Å². The molecular formula is C24H25ClN4O6S2. The SMILES string of the molecule is Cc1cc(Cl)cc(Oc2ccc(C#N)cc2S(=O)(=O)N2CCC(NS(=O)(=O)c3c(C)noc3C)CC2)c1. The van der Waals surface area contributed by atoms with E-state index in [0.29, 0.717) is 10.8 Å². The number of aromatic nitrogens is 1. The third-order valence-electron chi connectivity index (χ3n) is 5.95. The summed E-state index contributed by atoms with van der Waals surface area (Å²) in [6.07, 6.45) is 0.507. The van der Waals surface area contributed by atoms with Crippen LogP contribution in [0.2, 0.25) is 5.02 Å². The second-order valence-electron chi connectivity index (χ2n) is 8.79. The molecule has 2 aromatic carbocycles. The van der Waals surface area contributed by atoms with Gasteiger partial charge in [0.2, 0.25) is 20.0 Å². The molecule has 0 saturated carbocycles. The predicted molar refractivity (Wildman–Crippen MR) is 135 cm³/mol. The molecule has 37 heavy (non-hydrogen) atoms. The number of aryl methyl sites for hydroxylation is 3. The smallest absolute Gasteiger partial charge is 0.246 e. The number of hydrogen-bond donors (Lipinski definition) is 1. The molecule has 1 aliphatic heterocycles. The molecule has 3 aromatic rings. The largest absolute Gasteiger partial charge is 0.456 e. The maximum absolute atomic E-state index is 13.6. The number of ether oxygens (including phenoxy) is 1. The number of sulfonamides is 2. The Bertz CT molecular complexity index is 1550. The van der Waals surface area contributed by atoms with Crippen molar-refractivity contribution in [1.29, 1.82) is 5.26 Å². The fourth-order valence-corrected chi connectivity index (χ4v) is 7.77. The third-order valence-corrected chi connectivity index (χ3v) is 9.85. The predicted octanol–water partition coefficient (Wildman–Crippen LogP) is 4.05. The van der Waals surface area contributed by atoms with E-state index in [1.165, 1.54) is 29.4 Å². The number of hydrogen-bond acceptors (Lipinski definition) is 8. The van der Waals surface area contributed by atoms with Crippen LogP contribution in [0.15, 0.2) is 50.7 Å². The number of halogens is 1. The molecule has 2 heterocycles. The summed E-state index contributed by atoms with van der Waals surface area (Å²) in [6, 6.07) is 10.7. The van der Waals surface area contributed by atoms with Gasteiger partial charge >= 0.3 is 0 Å². The van der Waals surface area contributed by atoms with Gasteiger partial charge in [-0.25, -0.2) is 21.6 Å². The van der Waals surface area contributed by atoms with Crippen molar-refractivity contribution < 1.29 is 26.1 Å². The zero-order chi connectivity index (χ0) is 27.0. The maximum Gasteiger partial charge on any atom is 0.246 e. The van der Waals surface area contributed by atoms with Crippen LogP contribution in [0.5, 0.6) is 11.5 Å². The Morgan fingerprint density at radius 3 is 2.41 bits per heavy atom. The molecular weight excluding hydrogens is 540 g/mol. The van der Waals surface area contributed by atoms with Crippen molar-refractivity contribution in [1.82, 2.24) is 14.2 Å². The molecule has 0 bridgehead atoms. The van der Waals surface area contributed by atoms with Crippen LogP contribution in [0.4, 0.5) is 0 Å². The summed E-state index contributed by atoms with van der Waals surface area (Å²) in [5.41, 5.74) is 1.25. The van der Waals surface area contributed by atoms with Gasteiger partial charge in [0.1, 0.15) is 27.0 Å². The summed E-state index contributed by atoms with van der Waals surface area (Å²) in [4.78, 5) is -0.159. The van der Waals surface area contributed by atoms with Crippen LogP contribution in [0.25, 0.3) is 0 Å². The molecule has 0 aliphatic carbocycles. The molecule has 0 amide bonds. The first-order valence-electron chi connectivity index (χ1n) is 11.4. The molecule has 1 aromatic heterocycles. The van der Waals surface area contributed by atoms with Gasteiger partial charge in [-0.2, -0.15) is 9.57 Å². The topological polar surface area (TPSA) is 143 Å². The number of benzene rings is 2. The van der Waals surface area contributed by atoms with E-state index in [1.807, 2.05) is 13.0 Å². The first-order chi connectivity index (χ1) is 17.4. The van der Waals surface area contributed by atoms with Crippen LogP contribution in [-0.4, -0.2) is 45.4 Å². The molecule has 4 rings (SSSR count). The van der Waals surface area contributed by atoms with Crippen LogP contribution in [-0.2, 0) is 20.0 Å². The number of piperidine rings is 1. The lowest BCUT2D eigenvalue weighted by atomic mass is 10.1. The highest BCUT2D eigenvalue weighted by Gasteiger charge is 2.34. The van der Waals surface area contributed by atoms with Crippen LogP contribution in [0, 0.1) is 32.1 Å². The zero-order valence-electron chi connectivity index (χ0n) is 20.4. The quantitative estimate of drug-likeness (QED) is 0.453. The maximum atomic E-state index is 13.6. The second kappa shape index (κ2) is 10.4. The Hall–Kier alpha value is -2.95. The van der Waals surface area contributed by atoms with Gasteiger partial charge in [0.15, 0.2) is 5.76 Å². The minimum Gasteiger partial charge on any atom is -0.456 e. The molecule has 1 N–H and O–H groups in total. The van der Waals surface area contributed by atoms with E-state index >= 15 is 0 Å². The van der Waals surface area contributed by atoms with Crippen molar-refractivity contribution in [2.75, 3.05) is 13.1 Å². The van der Waals surface area contributed by atoms with Crippen molar-refractivity contribution in [3.8, 4) is 17.6 Å². The van der Waals surface area contributed by atoms with Gasteiger partial charge in [-0.15, -0.1) is 0 Å². The van der Waals surface area contributed by atoms with Crippen LogP contribution in [0.1, 0.15) is 35.4 Å². The lowest BCUT2D eigenvalue weighted by Crippen LogP contribution is -2.46. The van der Waals surface area contributed by atoms with E-state index in [9.17, 15) is 22.1 Å². The van der Waals surface area contributed by atoms with E-state index in [1.54, 1.807) is 25.1 Å². The van der Waals surface area contributed by atoms with E-state index in [-0.39, 0.29) is 58.5 Å². The standard InChI is InChI=1S/C24H25ClN4O6S2/c1-15-10-19(25)13-21(11-15)34-22-5-4-18(14-26)12-23(22)37(32,33)29-8-6-20(7-9-29)28-36(30,31)24-16(2)27-35-17(24)3/h4-5,10-13,20,28H,6-9H2,1-3H3. The molecule has 1 saturated heterocycles. The average Bonchev–Trinajstić information content (AvgIpc) is 3.17. The fraction of sp³-hybridized carbons (Fsp3) is 0.333. The monoisotopic (exact) mass is 564 g/mol. The molecule has 196 valence electrons. The summed E-state index contributed by atoms with van der Waals surface area (Å²) in [6.45, 7) is 5.04. The highest BCUT2D eigenvalue weighted by molar-refractivity contribution is 7.89. The van der Waals surface area contributed by atoms with Crippen LogP contribution in [0.3, 0.4) is 0 Å². The average molecular weight is 565 g/mol. The molecule has 1 aliphatic rings. The summed E-state index contributed by atoms with van der Waals surface area (Å²) in [5, 5.41) is 13.5. The Kier molecular flexibility index (Phi) is 7.64. The molecule has 0 radical (unpaired) electrons. The Morgan fingerprint density at radius 2 is 1.81 bits per heavy atom. The summed E-state index contributed by atoms with van der Waals surface area (Å²) in [5.74, 6) is 0.602. The normalized spacial score (nSPS) is 15.4. The Balaban J connectivity index is 1.55. The highest BCUT2D eigenvalue weighted by atomic mass is 35.5. The van der Waals surface area contributed by atoms with Gasteiger partial charge in [0, 0.05) is 24.2 Å². The molecule has 13 heteroatoms. The van der Waals surface area contributed by atoms with Gasteiger partial charge < -0.3 is 9.26 Å². The van der Waals surface area contributed by atoms with Gasteiger partial charge in [-0.05, 0) is 75.6 Å². The van der Waals surface area contributed by atoms with E-state index < -0.39 is 26.1 Å². The number of rotatable bonds is 7. The Labute approximate surface area is 220 Å². The summed E-state index contributed by atoms with van der Waals surface area (Å²) < 4.78 is 67.7. The lowest BCUT2D eigenvalue weighted by Gasteiger charge is -2.31. The van der Waals surface area contributed by atoms with Gasteiger partial charge in [-0.1, -0.05) is 16.8 Å². The first-order valence-corrected chi connectivity index (χ1v) is 14.7. The second-order valence-corrected chi connectivity index (χ2v) is 12.8. The third kappa shape index (κ3) is 5.81. The summed E-state index contributed by atoms with van der Waals surface area (Å²) >= 11 is 6.12. The Morgan fingerprint density at radius 1 is 1.11 bits per heavy atom. The molecule has 0 spiro atoms. The van der Waals surface area contributed by atoms with Crippen molar-refractivity contribution in [2.24, 2.45) is 0 Å². The van der Waals surface area contributed by atoms with Gasteiger partial charge in [0.25, 0.3) is 0 Å². The molecule has 0 unspecified atom stereocenters. The van der Waals surface area contributed by atoms with Crippen molar-refractivity contribution in [2.45, 2.75) is 49.4 Å².